The lowest BCUT2D eigenvalue weighted by Gasteiger charge is -2.36. The van der Waals surface area contributed by atoms with E-state index in [0.29, 0.717) is 6.04 Å². The van der Waals surface area contributed by atoms with Crippen LogP contribution in [0.15, 0.2) is 18.2 Å². The first-order valence-corrected chi connectivity index (χ1v) is 6.56. The summed E-state index contributed by atoms with van der Waals surface area (Å²) in [5, 5.41) is 4.21. The molecule has 2 rings (SSSR count). The van der Waals surface area contributed by atoms with Crippen molar-refractivity contribution in [1.82, 2.24) is 5.32 Å². The van der Waals surface area contributed by atoms with Crippen LogP contribution in [0.5, 0.6) is 0 Å². The third-order valence-corrected chi connectivity index (χ3v) is 3.82. The van der Waals surface area contributed by atoms with E-state index in [-0.39, 0.29) is 0 Å². The van der Waals surface area contributed by atoms with Crippen molar-refractivity contribution in [3.63, 3.8) is 0 Å². The summed E-state index contributed by atoms with van der Waals surface area (Å²) in [7, 11) is 0. The fourth-order valence-electron chi connectivity index (χ4n) is 1.91. The van der Waals surface area contributed by atoms with Gasteiger partial charge >= 0.3 is 0 Å². The minimum atomic E-state index is 0.549. The number of nitrogens with one attached hydrogen (secondary N) is 1. The molecule has 1 fully saturated rings. The minimum Gasteiger partial charge on any atom is -0.365 e. The van der Waals surface area contributed by atoms with Crippen molar-refractivity contribution in [3.05, 3.63) is 26.8 Å². The van der Waals surface area contributed by atoms with Gasteiger partial charge in [0.25, 0.3) is 0 Å². The van der Waals surface area contributed by atoms with Gasteiger partial charge in [0.1, 0.15) is 0 Å². The van der Waals surface area contributed by atoms with Crippen LogP contribution in [0.2, 0.25) is 5.02 Å². The van der Waals surface area contributed by atoms with E-state index in [4.69, 9.17) is 11.6 Å². The molecule has 1 unspecified atom stereocenters. The Morgan fingerprint density at radius 2 is 2.33 bits per heavy atom. The topological polar surface area (TPSA) is 15.3 Å². The van der Waals surface area contributed by atoms with E-state index in [9.17, 15) is 0 Å². The summed E-state index contributed by atoms with van der Waals surface area (Å²) in [5.74, 6) is 0. The third-order valence-electron chi connectivity index (χ3n) is 2.72. The van der Waals surface area contributed by atoms with Crippen LogP contribution in [0.3, 0.4) is 0 Å². The molecule has 1 aromatic rings. The van der Waals surface area contributed by atoms with E-state index in [1.165, 1.54) is 9.26 Å². The number of rotatable bonds is 1. The monoisotopic (exact) mass is 336 g/mol. The van der Waals surface area contributed by atoms with Crippen molar-refractivity contribution in [3.8, 4) is 0 Å². The fourth-order valence-corrected chi connectivity index (χ4v) is 3.09. The van der Waals surface area contributed by atoms with Gasteiger partial charge in [-0.3, -0.25) is 0 Å². The lowest BCUT2D eigenvalue weighted by Crippen LogP contribution is -2.50. The second-order valence-electron chi connectivity index (χ2n) is 3.84. The van der Waals surface area contributed by atoms with Gasteiger partial charge in [0.2, 0.25) is 0 Å². The molecule has 0 saturated carbocycles. The number of benzene rings is 1. The van der Waals surface area contributed by atoms with E-state index >= 15 is 0 Å². The molecule has 1 atom stereocenters. The molecule has 1 aliphatic heterocycles. The fraction of sp³-hybridized carbons (Fsp3) is 0.455. The number of halogens is 2. The number of hydrogen-bond acceptors (Lipinski definition) is 2. The normalized spacial score (nSPS) is 21.8. The van der Waals surface area contributed by atoms with Crippen LogP contribution >= 0.6 is 34.2 Å². The first-order chi connectivity index (χ1) is 7.18. The largest absolute Gasteiger partial charge is 0.365 e. The Hall–Kier alpha value is -0.000000000000000111. The molecular formula is C11H14ClIN2. The van der Waals surface area contributed by atoms with Crippen LogP contribution in [0.25, 0.3) is 0 Å². The smallest absolute Gasteiger partial charge is 0.0506 e. The Morgan fingerprint density at radius 1 is 1.53 bits per heavy atom. The Balaban J connectivity index is 2.27. The molecule has 0 bridgehead atoms. The zero-order valence-corrected chi connectivity index (χ0v) is 11.5. The molecular weight excluding hydrogens is 322 g/mol. The lowest BCUT2D eigenvalue weighted by atomic mass is 10.2. The molecule has 1 aromatic carbocycles. The Bertz CT molecular complexity index is 356. The summed E-state index contributed by atoms with van der Waals surface area (Å²) < 4.78 is 1.23. The highest BCUT2D eigenvalue weighted by Crippen LogP contribution is 2.27. The Morgan fingerprint density at radius 3 is 3.00 bits per heavy atom. The number of anilines is 1. The summed E-state index contributed by atoms with van der Waals surface area (Å²) in [6, 6.07) is 6.65. The lowest BCUT2D eigenvalue weighted by molar-refractivity contribution is 0.500. The molecule has 0 aliphatic carbocycles. The van der Waals surface area contributed by atoms with E-state index in [2.05, 4.69) is 45.8 Å². The van der Waals surface area contributed by atoms with Crippen LogP contribution < -0.4 is 10.2 Å². The Labute approximate surface area is 109 Å². The van der Waals surface area contributed by atoms with Gasteiger partial charge in [0.15, 0.2) is 0 Å². The van der Waals surface area contributed by atoms with Crippen molar-refractivity contribution in [2.24, 2.45) is 0 Å². The minimum absolute atomic E-state index is 0.549. The van der Waals surface area contributed by atoms with Crippen LogP contribution in [0.4, 0.5) is 5.69 Å². The van der Waals surface area contributed by atoms with Crippen molar-refractivity contribution in [1.29, 1.82) is 0 Å². The second kappa shape index (κ2) is 4.89. The molecule has 0 amide bonds. The Kier molecular flexibility index (Phi) is 3.74. The van der Waals surface area contributed by atoms with Gasteiger partial charge in [0.05, 0.1) is 5.69 Å². The maximum atomic E-state index is 5.96. The van der Waals surface area contributed by atoms with Crippen molar-refractivity contribution in [2.45, 2.75) is 13.0 Å². The van der Waals surface area contributed by atoms with Crippen molar-refractivity contribution < 1.29 is 0 Å². The highest BCUT2D eigenvalue weighted by Gasteiger charge is 2.19. The molecule has 1 aliphatic rings. The molecule has 0 aromatic heterocycles. The van der Waals surface area contributed by atoms with E-state index in [1.54, 1.807) is 0 Å². The second-order valence-corrected chi connectivity index (χ2v) is 5.44. The van der Waals surface area contributed by atoms with Gasteiger partial charge in [-0.15, -0.1) is 0 Å². The van der Waals surface area contributed by atoms with Crippen molar-refractivity contribution in [2.75, 3.05) is 24.5 Å². The molecule has 1 N–H and O–H groups in total. The summed E-state index contributed by atoms with van der Waals surface area (Å²) in [6.45, 7) is 5.43. The highest BCUT2D eigenvalue weighted by atomic mass is 127. The molecule has 82 valence electrons. The predicted molar refractivity (Wildman–Crippen MR) is 73.8 cm³/mol. The molecule has 1 saturated heterocycles. The zero-order chi connectivity index (χ0) is 10.8. The molecule has 2 nitrogen and oxygen atoms in total. The molecule has 0 spiro atoms. The molecule has 4 heteroatoms. The van der Waals surface area contributed by atoms with Gasteiger partial charge in [-0.25, -0.2) is 0 Å². The van der Waals surface area contributed by atoms with Crippen LogP contribution in [-0.2, 0) is 0 Å². The maximum absolute atomic E-state index is 5.96. The first kappa shape index (κ1) is 11.5. The molecule has 0 radical (unpaired) electrons. The summed E-state index contributed by atoms with van der Waals surface area (Å²) in [6.07, 6.45) is 0. The number of nitrogens with zero attached hydrogens (tertiary/aromatic N) is 1. The maximum Gasteiger partial charge on any atom is 0.0506 e. The average molecular weight is 337 g/mol. The highest BCUT2D eigenvalue weighted by molar-refractivity contribution is 14.1. The van der Waals surface area contributed by atoms with Gasteiger partial charge in [-0.1, -0.05) is 11.6 Å². The van der Waals surface area contributed by atoms with Crippen molar-refractivity contribution >= 4 is 39.9 Å². The average Bonchev–Trinajstić information content (AvgIpc) is 2.20. The standard InChI is InChI=1S/C11H14ClIN2/c1-8-7-14-4-5-15(8)11-3-2-9(12)6-10(11)13/h2-3,6,8,14H,4-5,7H2,1H3. The third kappa shape index (κ3) is 2.57. The quantitative estimate of drug-likeness (QED) is 0.793. The van der Waals surface area contributed by atoms with Crippen LogP contribution in [-0.4, -0.2) is 25.7 Å². The van der Waals surface area contributed by atoms with Crippen LogP contribution in [0.1, 0.15) is 6.92 Å². The first-order valence-electron chi connectivity index (χ1n) is 5.11. The number of hydrogen-bond donors (Lipinski definition) is 1. The summed E-state index contributed by atoms with van der Waals surface area (Å²) >= 11 is 8.31. The van der Waals surface area contributed by atoms with Gasteiger partial charge < -0.3 is 10.2 Å². The zero-order valence-electron chi connectivity index (χ0n) is 8.63. The predicted octanol–water partition coefficient (Wildman–Crippen LogP) is 2.74. The van der Waals surface area contributed by atoms with E-state index in [1.807, 2.05) is 12.1 Å². The van der Waals surface area contributed by atoms with Gasteiger partial charge in [-0.2, -0.15) is 0 Å². The SMILES string of the molecule is CC1CNCCN1c1ccc(Cl)cc1I. The van der Waals surface area contributed by atoms with Gasteiger partial charge in [0, 0.05) is 34.3 Å². The van der Waals surface area contributed by atoms with E-state index in [0.717, 1.165) is 24.7 Å². The summed E-state index contributed by atoms with van der Waals surface area (Å²) in [4.78, 5) is 2.44. The van der Waals surface area contributed by atoms with Crippen LogP contribution in [0, 0.1) is 3.57 Å². The molecule has 15 heavy (non-hydrogen) atoms. The number of piperazine rings is 1. The van der Waals surface area contributed by atoms with Gasteiger partial charge in [-0.05, 0) is 47.7 Å². The summed E-state index contributed by atoms with van der Waals surface area (Å²) in [5.41, 5.74) is 1.30. The molecule has 1 heterocycles. The van der Waals surface area contributed by atoms with E-state index < -0.39 is 0 Å².